The summed E-state index contributed by atoms with van der Waals surface area (Å²) in [6, 6.07) is 13.0. The fourth-order valence-corrected chi connectivity index (χ4v) is 2.84. The van der Waals surface area contributed by atoms with Gasteiger partial charge in [-0.25, -0.2) is 0 Å². The van der Waals surface area contributed by atoms with E-state index in [4.69, 9.17) is 0 Å². The molecule has 118 valence electrons. The summed E-state index contributed by atoms with van der Waals surface area (Å²) in [6.07, 6.45) is 6.82. The van der Waals surface area contributed by atoms with Crippen LogP contribution in [0.25, 0.3) is 6.08 Å². The van der Waals surface area contributed by atoms with Crippen LogP contribution in [0.2, 0.25) is 0 Å². The summed E-state index contributed by atoms with van der Waals surface area (Å²) in [4.78, 5) is 18.7. The normalized spacial score (nSPS) is 20.3. The van der Waals surface area contributed by atoms with Crippen LogP contribution in [0.1, 0.15) is 31.0 Å². The van der Waals surface area contributed by atoms with E-state index < -0.39 is 5.60 Å². The van der Waals surface area contributed by atoms with E-state index in [1.54, 1.807) is 23.2 Å². The number of pyridine rings is 1. The number of anilines is 1. The minimum absolute atomic E-state index is 0.292. The highest BCUT2D eigenvalue weighted by molar-refractivity contribution is 6.08. The van der Waals surface area contributed by atoms with E-state index in [2.05, 4.69) is 11.9 Å². The molecule has 1 aliphatic rings. The molecule has 0 saturated carbocycles. The molecule has 0 fully saturated rings. The van der Waals surface area contributed by atoms with Crippen molar-refractivity contribution in [1.29, 1.82) is 0 Å². The van der Waals surface area contributed by atoms with Gasteiger partial charge >= 0.3 is 0 Å². The summed E-state index contributed by atoms with van der Waals surface area (Å²) < 4.78 is 0. The number of rotatable bonds is 5. The number of hydrogen-bond acceptors (Lipinski definition) is 3. The van der Waals surface area contributed by atoms with Crippen LogP contribution < -0.4 is 4.90 Å². The number of carbonyl (C=O) groups excluding carboxylic acids is 1. The van der Waals surface area contributed by atoms with E-state index >= 15 is 0 Å². The van der Waals surface area contributed by atoms with Crippen LogP contribution in [0.15, 0.2) is 54.7 Å². The van der Waals surface area contributed by atoms with Gasteiger partial charge < -0.3 is 10.0 Å². The van der Waals surface area contributed by atoms with Gasteiger partial charge in [-0.1, -0.05) is 37.6 Å². The van der Waals surface area contributed by atoms with Crippen molar-refractivity contribution in [2.75, 3.05) is 11.4 Å². The number of amides is 1. The zero-order chi connectivity index (χ0) is 16.3. The number of unbranched alkanes of at least 4 members (excludes halogenated alkanes) is 1. The zero-order valence-electron chi connectivity index (χ0n) is 13.1. The molecule has 0 radical (unpaired) electrons. The van der Waals surface area contributed by atoms with Gasteiger partial charge in [0.15, 0.2) is 5.60 Å². The third-order valence-corrected chi connectivity index (χ3v) is 4.10. The molecule has 1 amide bonds. The smallest absolute Gasteiger partial charge is 0.267 e. The van der Waals surface area contributed by atoms with Crippen molar-refractivity contribution < 1.29 is 9.90 Å². The molecular weight excluding hydrogens is 288 g/mol. The Kier molecular flexibility index (Phi) is 4.26. The highest BCUT2D eigenvalue weighted by Crippen LogP contribution is 2.41. The van der Waals surface area contributed by atoms with Gasteiger partial charge in [-0.3, -0.25) is 9.78 Å². The Morgan fingerprint density at radius 3 is 2.74 bits per heavy atom. The lowest BCUT2D eigenvalue weighted by Gasteiger charge is -2.20. The summed E-state index contributed by atoms with van der Waals surface area (Å²) in [5, 5.41) is 11.0. The van der Waals surface area contributed by atoms with Crippen molar-refractivity contribution >= 4 is 17.7 Å². The molecule has 0 bridgehead atoms. The Bertz CT molecular complexity index is 727. The molecule has 1 aliphatic heterocycles. The lowest BCUT2D eigenvalue weighted by Crippen LogP contribution is -2.39. The Morgan fingerprint density at radius 2 is 2.00 bits per heavy atom. The van der Waals surface area contributed by atoms with Crippen molar-refractivity contribution in [3.8, 4) is 0 Å². The van der Waals surface area contributed by atoms with Gasteiger partial charge in [0.25, 0.3) is 5.91 Å². The topological polar surface area (TPSA) is 53.4 Å². The molecule has 1 unspecified atom stereocenters. The molecular formula is C19H20N2O2. The maximum Gasteiger partial charge on any atom is 0.267 e. The molecule has 1 aromatic carbocycles. The van der Waals surface area contributed by atoms with Crippen molar-refractivity contribution in [2.24, 2.45) is 0 Å². The predicted octanol–water partition coefficient (Wildman–Crippen LogP) is 3.13. The molecule has 1 atom stereocenters. The quantitative estimate of drug-likeness (QED) is 0.923. The number of carbonyl (C=O) groups is 1. The lowest BCUT2D eigenvalue weighted by atomic mass is 9.94. The number of fused-ring (bicyclic) bond motifs is 1. The molecule has 2 aromatic rings. The Labute approximate surface area is 136 Å². The van der Waals surface area contributed by atoms with Gasteiger partial charge in [-0.2, -0.15) is 0 Å². The number of para-hydroxylation sites is 1. The summed E-state index contributed by atoms with van der Waals surface area (Å²) >= 11 is 0. The standard InChI is InChI=1S/C19H20N2O2/c1-2-3-14-21-17-10-5-4-9-16(17)19(23,18(21)22)12-11-15-8-6-7-13-20-15/h4-13,23H,2-3,14H2,1H3/b12-11+. The minimum Gasteiger partial charge on any atom is -0.372 e. The molecule has 0 aliphatic carbocycles. The predicted molar refractivity (Wildman–Crippen MR) is 90.9 cm³/mol. The van der Waals surface area contributed by atoms with Crippen molar-refractivity contribution in [3.63, 3.8) is 0 Å². The van der Waals surface area contributed by atoms with E-state index in [0.29, 0.717) is 17.8 Å². The van der Waals surface area contributed by atoms with Crippen LogP contribution in [0.5, 0.6) is 0 Å². The molecule has 2 heterocycles. The maximum absolute atomic E-state index is 12.8. The minimum atomic E-state index is -1.62. The van der Waals surface area contributed by atoms with Gasteiger partial charge in [-0.05, 0) is 36.8 Å². The first-order chi connectivity index (χ1) is 11.2. The van der Waals surface area contributed by atoms with Crippen LogP contribution >= 0.6 is 0 Å². The van der Waals surface area contributed by atoms with Crippen LogP contribution in [0.4, 0.5) is 5.69 Å². The van der Waals surface area contributed by atoms with Gasteiger partial charge in [-0.15, -0.1) is 0 Å². The van der Waals surface area contributed by atoms with Crippen LogP contribution in [0.3, 0.4) is 0 Å². The van der Waals surface area contributed by atoms with Crippen LogP contribution in [-0.2, 0) is 10.4 Å². The SMILES string of the molecule is CCCCN1C(=O)C(O)(/C=C/c2ccccn2)c2ccccc21. The monoisotopic (exact) mass is 308 g/mol. The van der Waals surface area contributed by atoms with E-state index in [0.717, 1.165) is 18.5 Å². The molecule has 4 nitrogen and oxygen atoms in total. The van der Waals surface area contributed by atoms with Gasteiger partial charge in [0.05, 0.1) is 11.4 Å². The van der Waals surface area contributed by atoms with Crippen molar-refractivity contribution in [2.45, 2.75) is 25.4 Å². The molecule has 0 spiro atoms. The zero-order valence-corrected chi connectivity index (χ0v) is 13.1. The highest BCUT2D eigenvalue weighted by atomic mass is 16.3. The average molecular weight is 308 g/mol. The maximum atomic E-state index is 12.8. The molecule has 23 heavy (non-hydrogen) atoms. The first-order valence-corrected chi connectivity index (χ1v) is 7.91. The fraction of sp³-hybridized carbons (Fsp3) is 0.263. The fourth-order valence-electron chi connectivity index (χ4n) is 2.84. The highest BCUT2D eigenvalue weighted by Gasteiger charge is 2.47. The second-order valence-corrected chi connectivity index (χ2v) is 5.68. The largest absolute Gasteiger partial charge is 0.372 e. The van der Waals surface area contributed by atoms with Crippen molar-refractivity contribution in [1.82, 2.24) is 4.98 Å². The number of nitrogens with zero attached hydrogens (tertiary/aromatic N) is 2. The third-order valence-electron chi connectivity index (χ3n) is 4.10. The number of hydrogen-bond donors (Lipinski definition) is 1. The van der Waals surface area contributed by atoms with Crippen LogP contribution in [-0.4, -0.2) is 22.5 Å². The molecule has 4 heteroatoms. The summed E-state index contributed by atoms with van der Waals surface area (Å²) in [5.74, 6) is -0.292. The molecule has 1 N–H and O–H groups in total. The molecule has 0 saturated heterocycles. The summed E-state index contributed by atoms with van der Waals surface area (Å²) in [7, 11) is 0. The number of aliphatic hydroxyl groups is 1. The van der Waals surface area contributed by atoms with Crippen LogP contribution in [0, 0.1) is 0 Å². The van der Waals surface area contributed by atoms with E-state index in [9.17, 15) is 9.90 Å². The molecule has 1 aromatic heterocycles. The lowest BCUT2D eigenvalue weighted by molar-refractivity contribution is -0.131. The Hall–Kier alpha value is -2.46. The van der Waals surface area contributed by atoms with E-state index in [1.807, 2.05) is 42.5 Å². The van der Waals surface area contributed by atoms with Gasteiger partial charge in [0.2, 0.25) is 0 Å². The Balaban J connectivity index is 1.98. The second kappa shape index (κ2) is 6.34. The second-order valence-electron chi connectivity index (χ2n) is 5.68. The Morgan fingerprint density at radius 1 is 1.22 bits per heavy atom. The number of benzene rings is 1. The van der Waals surface area contributed by atoms with Crippen molar-refractivity contribution in [3.05, 3.63) is 66.0 Å². The van der Waals surface area contributed by atoms with Gasteiger partial charge in [0, 0.05) is 18.3 Å². The van der Waals surface area contributed by atoms with Gasteiger partial charge in [0.1, 0.15) is 0 Å². The third kappa shape index (κ3) is 2.78. The summed E-state index contributed by atoms with van der Waals surface area (Å²) in [5.41, 5.74) is 0.507. The molecule has 3 rings (SSSR count). The van der Waals surface area contributed by atoms with E-state index in [1.165, 1.54) is 0 Å². The number of aromatic nitrogens is 1. The summed E-state index contributed by atoms with van der Waals surface area (Å²) in [6.45, 7) is 2.70. The first-order valence-electron chi connectivity index (χ1n) is 7.91. The average Bonchev–Trinajstić information content (AvgIpc) is 2.81. The van der Waals surface area contributed by atoms with E-state index in [-0.39, 0.29) is 5.91 Å². The first kappa shape index (κ1) is 15.4.